The van der Waals surface area contributed by atoms with Crippen molar-refractivity contribution in [1.82, 2.24) is 19.8 Å². The Balaban J connectivity index is 1.16. The van der Waals surface area contributed by atoms with E-state index in [-0.39, 0.29) is 38.3 Å². The van der Waals surface area contributed by atoms with Crippen molar-refractivity contribution < 1.29 is 37.3 Å². The van der Waals surface area contributed by atoms with Crippen LogP contribution in [0.4, 0.5) is 13.2 Å². The van der Waals surface area contributed by atoms with E-state index >= 15 is 0 Å². The van der Waals surface area contributed by atoms with E-state index in [9.17, 15) is 27.9 Å². The van der Waals surface area contributed by atoms with Gasteiger partial charge in [0.15, 0.2) is 11.4 Å². The van der Waals surface area contributed by atoms with Gasteiger partial charge in [-0.15, -0.1) is 0 Å². The SMILES string of the molecule is Cn1ccnc1SC[C@H]1C[C@@H](c2ccc(CO)cc2)O[C@@H](c2ccc(-c3ccccc3CNC(=O)[C@@H]3CCCN3C(=O)C(F)(F)F)cc2)O1. The zero-order valence-corrected chi connectivity index (χ0v) is 27.6. The molecule has 3 aromatic carbocycles. The number of amides is 2. The summed E-state index contributed by atoms with van der Waals surface area (Å²) in [5.41, 5.74) is 5.14. The normalized spacial score (nSPS) is 21.1. The molecule has 2 fully saturated rings. The number of likely N-dealkylation sites (tertiary alicyclic amines) is 1. The van der Waals surface area contributed by atoms with Crippen molar-refractivity contribution in [2.45, 2.75) is 68.3 Å². The lowest BCUT2D eigenvalue weighted by molar-refractivity contribution is -0.245. The van der Waals surface area contributed by atoms with Gasteiger partial charge in [-0.3, -0.25) is 9.59 Å². The molecule has 0 saturated carbocycles. The predicted octanol–water partition coefficient (Wildman–Crippen LogP) is 6.09. The molecule has 0 bridgehead atoms. The molecule has 0 aliphatic carbocycles. The molecule has 2 aliphatic rings. The fraction of sp³-hybridized carbons (Fsp3) is 0.361. The van der Waals surface area contributed by atoms with Crippen LogP contribution in [0.5, 0.6) is 0 Å². The van der Waals surface area contributed by atoms with Crippen LogP contribution in [0.2, 0.25) is 0 Å². The first-order valence-electron chi connectivity index (χ1n) is 16.0. The maximum atomic E-state index is 13.1. The number of thioether (sulfide) groups is 1. The van der Waals surface area contributed by atoms with E-state index in [0.29, 0.717) is 23.5 Å². The quantitative estimate of drug-likeness (QED) is 0.194. The van der Waals surface area contributed by atoms with Crippen LogP contribution in [0.25, 0.3) is 11.1 Å². The summed E-state index contributed by atoms with van der Waals surface area (Å²) in [4.78, 5) is 29.8. The van der Waals surface area contributed by atoms with Crippen LogP contribution in [0.15, 0.2) is 90.3 Å². The number of nitrogens with zero attached hydrogens (tertiary/aromatic N) is 3. The molecule has 49 heavy (non-hydrogen) atoms. The fourth-order valence-corrected chi connectivity index (χ4v) is 7.15. The van der Waals surface area contributed by atoms with Gasteiger partial charge in [-0.05, 0) is 40.7 Å². The van der Waals surface area contributed by atoms with Crippen molar-refractivity contribution in [1.29, 1.82) is 0 Å². The largest absolute Gasteiger partial charge is 0.471 e. The molecule has 2 saturated heterocycles. The van der Waals surface area contributed by atoms with Gasteiger partial charge in [0.2, 0.25) is 5.91 Å². The number of ether oxygens (including phenoxy) is 2. The minimum atomic E-state index is -5.03. The number of rotatable bonds is 10. The van der Waals surface area contributed by atoms with Gasteiger partial charge >= 0.3 is 12.1 Å². The van der Waals surface area contributed by atoms with Crippen molar-refractivity contribution in [3.8, 4) is 11.1 Å². The van der Waals surface area contributed by atoms with Crippen molar-refractivity contribution in [3.63, 3.8) is 0 Å². The smallest absolute Gasteiger partial charge is 0.392 e. The molecule has 1 aromatic heterocycles. The zero-order chi connectivity index (χ0) is 34.5. The number of aliphatic hydroxyl groups is 1. The Labute approximate surface area is 286 Å². The molecule has 4 aromatic rings. The molecule has 0 radical (unpaired) electrons. The van der Waals surface area contributed by atoms with E-state index in [1.807, 2.05) is 90.6 Å². The summed E-state index contributed by atoms with van der Waals surface area (Å²) < 4.78 is 54.1. The first kappa shape index (κ1) is 34.7. The van der Waals surface area contributed by atoms with E-state index in [1.54, 1.807) is 18.0 Å². The summed E-state index contributed by atoms with van der Waals surface area (Å²) in [6.07, 6.45) is -1.21. The molecular weight excluding hydrogens is 657 g/mol. The van der Waals surface area contributed by atoms with Crippen LogP contribution in [-0.4, -0.2) is 62.0 Å². The molecular formula is C36H37F3N4O5S. The number of imidazole rings is 1. The molecule has 6 rings (SSSR count). The first-order valence-corrected chi connectivity index (χ1v) is 17.0. The Bertz CT molecular complexity index is 1750. The van der Waals surface area contributed by atoms with Crippen molar-refractivity contribution in [2.75, 3.05) is 12.3 Å². The van der Waals surface area contributed by atoms with E-state index in [4.69, 9.17) is 9.47 Å². The third kappa shape index (κ3) is 8.18. The number of benzene rings is 3. The number of carbonyl (C=O) groups is 2. The Morgan fingerprint density at radius 3 is 2.45 bits per heavy atom. The number of carbonyl (C=O) groups excluding carboxylic acids is 2. The van der Waals surface area contributed by atoms with Crippen LogP contribution >= 0.6 is 11.8 Å². The Morgan fingerprint density at radius 2 is 1.76 bits per heavy atom. The lowest BCUT2D eigenvalue weighted by Gasteiger charge is -2.36. The lowest BCUT2D eigenvalue weighted by Crippen LogP contribution is -2.50. The van der Waals surface area contributed by atoms with Gasteiger partial charge in [-0.25, -0.2) is 4.98 Å². The minimum Gasteiger partial charge on any atom is -0.392 e. The number of hydrogen-bond acceptors (Lipinski definition) is 7. The topological polar surface area (TPSA) is 106 Å². The van der Waals surface area contributed by atoms with Crippen LogP contribution in [0, 0.1) is 0 Å². The Morgan fingerprint density at radius 1 is 1.02 bits per heavy atom. The second kappa shape index (κ2) is 15.2. The van der Waals surface area contributed by atoms with Gasteiger partial charge < -0.3 is 29.4 Å². The first-order chi connectivity index (χ1) is 23.6. The average molecular weight is 695 g/mol. The third-order valence-electron chi connectivity index (χ3n) is 8.81. The van der Waals surface area contributed by atoms with Gasteiger partial charge in [-0.1, -0.05) is 84.6 Å². The van der Waals surface area contributed by atoms with Gasteiger partial charge in [0, 0.05) is 50.3 Å². The highest BCUT2D eigenvalue weighted by Gasteiger charge is 2.47. The van der Waals surface area contributed by atoms with Crippen molar-refractivity contribution >= 4 is 23.6 Å². The fourth-order valence-electron chi connectivity index (χ4n) is 6.20. The highest BCUT2D eigenvalue weighted by molar-refractivity contribution is 7.99. The number of alkyl halides is 3. The van der Waals surface area contributed by atoms with Gasteiger partial charge in [0.05, 0.1) is 18.8 Å². The summed E-state index contributed by atoms with van der Waals surface area (Å²) in [5, 5.41) is 13.1. The number of aryl methyl sites for hydroxylation is 1. The van der Waals surface area contributed by atoms with Crippen molar-refractivity contribution in [3.05, 3.63) is 107 Å². The van der Waals surface area contributed by atoms with E-state index in [1.165, 1.54) is 0 Å². The van der Waals surface area contributed by atoms with Gasteiger partial charge in [-0.2, -0.15) is 13.2 Å². The maximum absolute atomic E-state index is 13.1. The molecule has 2 aliphatic heterocycles. The summed E-state index contributed by atoms with van der Waals surface area (Å²) in [6.45, 7) is -0.0547. The standard InChI is InChI=1S/C36H37F3N4O5S/c1-42-18-16-40-35(42)49-22-28-19-31(25-10-8-23(21-44)9-11-25)48-33(47-28)26-14-12-24(13-15-26)29-6-3-2-5-27(29)20-41-32(45)30-7-4-17-43(30)34(46)36(37,38)39/h2-3,5-6,8-16,18,28,30-31,33,44H,4,7,17,19-22H2,1H3,(H,41,45)/t28-,30+,31+,33+/m1/s1. The molecule has 3 heterocycles. The number of hydrogen-bond donors (Lipinski definition) is 2. The molecule has 0 unspecified atom stereocenters. The molecule has 2 amide bonds. The summed E-state index contributed by atoms with van der Waals surface area (Å²) in [5.74, 6) is -1.92. The summed E-state index contributed by atoms with van der Waals surface area (Å²) >= 11 is 1.62. The summed E-state index contributed by atoms with van der Waals surface area (Å²) in [7, 11) is 1.95. The van der Waals surface area contributed by atoms with Crippen molar-refractivity contribution in [2.24, 2.45) is 7.05 Å². The molecule has 13 heteroatoms. The molecule has 9 nitrogen and oxygen atoms in total. The number of aromatic nitrogens is 2. The molecule has 258 valence electrons. The van der Waals surface area contributed by atoms with Crippen LogP contribution in [-0.2, 0) is 39.3 Å². The van der Waals surface area contributed by atoms with Crippen LogP contribution < -0.4 is 5.32 Å². The van der Waals surface area contributed by atoms with Gasteiger partial charge in [0.25, 0.3) is 0 Å². The minimum absolute atomic E-state index is 0.0373. The molecule has 0 spiro atoms. The lowest BCUT2D eigenvalue weighted by atomic mass is 9.97. The molecule has 2 N–H and O–H groups in total. The second-order valence-electron chi connectivity index (χ2n) is 12.1. The Kier molecular flexibility index (Phi) is 10.7. The van der Waals surface area contributed by atoms with E-state index in [0.717, 1.165) is 38.5 Å². The third-order valence-corrected chi connectivity index (χ3v) is 10.0. The van der Waals surface area contributed by atoms with Gasteiger partial charge in [0.1, 0.15) is 6.04 Å². The maximum Gasteiger partial charge on any atom is 0.471 e. The highest BCUT2D eigenvalue weighted by atomic mass is 32.2. The van der Waals surface area contributed by atoms with E-state index in [2.05, 4.69) is 10.3 Å². The monoisotopic (exact) mass is 694 g/mol. The molecule has 4 atom stereocenters. The van der Waals surface area contributed by atoms with E-state index < -0.39 is 30.3 Å². The second-order valence-corrected chi connectivity index (χ2v) is 13.1. The highest BCUT2D eigenvalue weighted by Crippen LogP contribution is 2.40. The number of nitrogens with one attached hydrogen (secondary N) is 1. The predicted molar refractivity (Wildman–Crippen MR) is 177 cm³/mol. The Hall–Kier alpha value is -4.17. The average Bonchev–Trinajstić information content (AvgIpc) is 3.78. The van der Waals surface area contributed by atoms with Crippen LogP contribution in [0.3, 0.4) is 0 Å². The number of aliphatic hydroxyl groups excluding tert-OH is 1. The van der Waals surface area contributed by atoms with Crippen LogP contribution in [0.1, 0.15) is 53.9 Å². The number of halogens is 3. The summed E-state index contributed by atoms with van der Waals surface area (Å²) in [6, 6.07) is 21.8. The zero-order valence-electron chi connectivity index (χ0n) is 26.8.